The highest BCUT2D eigenvalue weighted by Crippen LogP contribution is 2.56. The van der Waals surface area contributed by atoms with Gasteiger partial charge in [0.05, 0.1) is 26.4 Å². The van der Waals surface area contributed by atoms with Crippen LogP contribution in [0.25, 0.3) is 0 Å². The summed E-state index contributed by atoms with van der Waals surface area (Å²) in [5.41, 5.74) is 2.38. The molecule has 0 radical (unpaired) electrons. The van der Waals surface area contributed by atoms with Crippen LogP contribution in [0.4, 0.5) is 0 Å². The molecule has 1 aromatic rings. The van der Waals surface area contributed by atoms with Crippen molar-refractivity contribution in [2.24, 2.45) is 23.2 Å². The van der Waals surface area contributed by atoms with E-state index in [9.17, 15) is 4.79 Å². The van der Waals surface area contributed by atoms with Gasteiger partial charge in [0.2, 0.25) is 0 Å². The Balaban J connectivity index is 1.89. The van der Waals surface area contributed by atoms with Gasteiger partial charge in [0.15, 0.2) is 0 Å². The molecular weight excluding hydrogens is 328 g/mol. The van der Waals surface area contributed by atoms with Gasteiger partial charge >= 0.3 is 5.97 Å². The van der Waals surface area contributed by atoms with Gasteiger partial charge in [-0.25, -0.2) is 0 Å². The Kier molecular flexibility index (Phi) is 5.42. The highest BCUT2D eigenvalue weighted by atomic mass is 16.5. The Hall–Kier alpha value is -1.81. The Labute approximate surface area is 156 Å². The molecule has 2 aliphatic rings. The molecule has 0 saturated carbocycles. The lowest BCUT2D eigenvalue weighted by Crippen LogP contribution is -2.54. The van der Waals surface area contributed by atoms with Gasteiger partial charge < -0.3 is 14.2 Å². The van der Waals surface area contributed by atoms with Crippen molar-refractivity contribution in [3.63, 3.8) is 0 Å². The van der Waals surface area contributed by atoms with E-state index in [1.165, 1.54) is 11.1 Å². The monoisotopic (exact) mass is 358 g/mol. The molecule has 0 spiro atoms. The first-order valence-corrected chi connectivity index (χ1v) is 9.52. The summed E-state index contributed by atoms with van der Waals surface area (Å²) in [6.45, 7) is 9.56. The van der Waals surface area contributed by atoms with E-state index in [1.54, 1.807) is 7.11 Å². The summed E-state index contributed by atoms with van der Waals surface area (Å²) in [6.07, 6.45) is 2.78. The summed E-state index contributed by atoms with van der Waals surface area (Å²) in [4.78, 5) is 11.7. The Morgan fingerprint density at radius 1 is 1.27 bits per heavy atom. The number of methoxy groups -OCH3 is 1. The van der Waals surface area contributed by atoms with E-state index in [0.717, 1.165) is 5.75 Å². The third-order valence-corrected chi connectivity index (χ3v) is 6.48. The fraction of sp³-hybridized carbons (Fsp3) is 0.591. The maximum atomic E-state index is 11.7. The van der Waals surface area contributed by atoms with Crippen molar-refractivity contribution in [2.75, 3.05) is 20.3 Å². The molecule has 5 atom stereocenters. The average molecular weight is 358 g/mol. The molecule has 1 heterocycles. The lowest BCUT2D eigenvalue weighted by atomic mass is 9.56. The van der Waals surface area contributed by atoms with Gasteiger partial charge in [-0.15, -0.1) is 0 Å². The van der Waals surface area contributed by atoms with E-state index in [2.05, 4.69) is 39.0 Å². The van der Waals surface area contributed by atoms with Gasteiger partial charge in [-0.2, -0.15) is 0 Å². The predicted molar refractivity (Wildman–Crippen MR) is 101 cm³/mol. The Morgan fingerprint density at radius 3 is 2.58 bits per heavy atom. The normalized spacial score (nSPS) is 33.3. The second-order valence-corrected chi connectivity index (χ2v) is 7.77. The second-order valence-electron chi connectivity index (χ2n) is 7.77. The van der Waals surface area contributed by atoms with Crippen molar-refractivity contribution in [2.45, 2.75) is 40.2 Å². The van der Waals surface area contributed by atoms with Crippen LogP contribution in [0, 0.1) is 23.2 Å². The van der Waals surface area contributed by atoms with E-state index in [0.29, 0.717) is 31.5 Å². The minimum Gasteiger partial charge on any atom is -0.497 e. The lowest BCUT2D eigenvalue weighted by molar-refractivity contribution is -0.181. The van der Waals surface area contributed by atoms with Crippen molar-refractivity contribution >= 4 is 5.97 Å². The summed E-state index contributed by atoms with van der Waals surface area (Å²) in [7, 11) is 1.68. The maximum Gasteiger partial charge on any atom is 0.305 e. The number of ether oxygens (including phenoxy) is 3. The van der Waals surface area contributed by atoms with Gasteiger partial charge in [-0.3, -0.25) is 4.79 Å². The topological polar surface area (TPSA) is 44.8 Å². The van der Waals surface area contributed by atoms with Crippen LogP contribution < -0.4 is 4.74 Å². The van der Waals surface area contributed by atoms with Crippen LogP contribution in [0.5, 0.6) is 5.75 Å². The molecule has 0 amide bonds. The number of hydrogen-bond acceptors (Lipinski definition) is 4. The Morgan fingerprint density at radius 2 is 1.96 bits per heavy atom. The minimum absolute atomic E-state index is 0.0228. The number of carbonyl (C=O) groups excluding carboxylic acids is 1. The molecule has 4 heteroatoms. The van der Waals surface area contributed by atoms with Gasteiger partial charge in [0.1, 0.15) is 5.75 Å². The predicted octanol–water partition coefficient (Wildman–Crippen LogP) is 4.55. The van der Waals surface area contributed by atoms with Crippen LogP contribution >= 0.6 is 0 Å². The zero-order chi connectivity index (χ0) is 18.9. The van der Waals surface area contributed by atoms with Crippen LogP contribution in [0.2, 0.25) is 0 Å². The molecule has 4 nitrogen and oxygen atoms in total. The molecule has 0 aromatic heterocycles. The number of hydrogen-bond donors (Lipinski definition) is 0. The van der Waals surface area contributed by atoms with Crippen LogP contribution in [-0.4, -0.2) is 26.3 Å². The highest BCUT2D eigenvalue weighted by molar-refractivity contribution is 5.68. The summed E-state index contributed by atoms with van der Waals surface area (Å²) in [5.74, 6) is 1.68. The van der Waals surface area contributed by atoms with Crippen molar-refractivity contribution in [1.82, 2.24) is 0 Å². The summed E-state index contributed by atoms with van der Waals surface area (Å²) in [6, 6.07) is 8.15. The van der Waals surface area contributed by atoms with Crippen molar-refractivity contribution < 1.29 is 19.0 Å². The summed E-state index contributed by atoms with van der Waals surface area (Å²) >= 11 is 0. The number of benzene rings is 1. The molecule has 2 bridgehead atoms. The zero-order valence-corrected chi connectivity index (χ0v) is 16.5. The number of allylic oxidation sites excluding steroid dienone is 1. The highest BCUT2D eigenvalue weighted by Gasteiger charge is 2.54. The fourth-order valence-electron chi connectivity index (χ4n) is 4.67. The fourth-order valence-corrected chi connectivity index (χ4v) is 4.67. The van der Waals surface area contributed by atoms with E-state index in [4.69, 9.17) is 14.2 Å². The molecule has 26 heavy (non-hydrogen) atoms. The first-order chi connectivity index (χ1) is 12.4. The van der Waals surface area contributed by atoms with Gasteiger partial charge in [0, 0.05) is 17.8 Å². The number of esters is 1. The smallest absolute Gasteiger partial charge is 0.305 e. The van der Waals surface area contributed by atoms with Crippen molar-refractivity contribution in [3.05, 3.63) is 41.5 Å². The van der Waals surface area contributed by atoms with Crippen LogP contribution in [0.1, 0.15) is 45.8 Å². The van der Waals surface area contributed by atoms with E-state index < -0.39 is 0 Å². The van der Waals surface area contributed by atoms with Crippen molar-refractivity contribution in [1.29, 1.82) is 0 Å². The second kappa shape index (κ2) is 7.43. The van der Waals surface area contributed by atoms with E-state index >= 15 is 0 Å². The first kappa shape index (κ1) is 19.0. The van der Waals surface area contributed by atoms with Gasteiger partial charge in [-0.05, 0) is 36.5 Å². The number of carbonyl (C=O) groups is 1. The van der Waals surface area contributed by atoms with E-state index in [-0.39, 0.29) is 23.4 Å². The number of rotatable bonds is 5. The number of fused-ring (bicyclic) bond motifs is 2. The quantitative estimate of drug-likeness (QED) is 0.572. The molecule has 5 unspecified atom stereocenters. The first-order valence-electron chi connectivity index (χ1n) is 9.52. The largest absolute Gasteiger partial charge is 0.497 e. The Bertz CT molecular complexity index is 678. The van der Waals surface area contributed by atoms with Gasteiger partial charge in [-0.1, -0.05) is 44.6 Å². The molecule has 0 N–H and O–H groups in total. The van der Waals surface area contributed by atoms with Crippen LogP contribution in [0.15, 0.2) is 35.9 Å². The lowest BCUT2D eigenvalue weighted by Gasteiger charge is -2.55. The van der Waals surface area contributed by atoms with Crippen LogP contribution in [-0.2, 0) is 14.3 Å². The molecule has 1 aliphatic heterocycles. The molecule has 1 saturated heterocycles. The van der Waals surface area contributed by atoms with Crippen molar-refractivity contribution in [3.8, 4) is 5.75 Å². The standard InChI is InChI=1S/C22H30O4/c1-6-19(23)25-12-22-13-26-21(17-7-9-18(24-5)10-8-17)20(16(22)4)14(2)11-15(22)3/h7-11,15-16,20-21H,6,12-13H2,1-5H3. The third-order valence-electron chi connectivity index (χ3n) is 6.48. The molecule has 1 fully saturated rings. The molecule has 1 aliphatic carbocycles. The molecule has 3 rings (SSSR count). The average Bonchev–Trinajstić information content (AvgIpc) is 2.65. The minimum atomic E-state index is -0.155. The van der Waals surface area contributed by atoms with Crippen LogP contribution in [0.3, 0.4) is 0 Å². The maximum absolute atomic E-state index is 11.7. The molecular formula is C22H30O4. The summed E-state index contributed by atoms with van der Waals surface area (Å²) in [5, 5.41) is 0. The third kappa shape index (κ3) is 3.16. The molecule has 1 aromatic carbocycles. The zero-order valence-electron chi connectivity index (χ0n) is 16.5. The molecule has 142 valence electrons. The SMILES string of the molecule is CCC(=O)OCC12COC(c3ccc(OC)cc3)C(C(C)=CC1C)C2C. The van der Waals surface area contributed by atoms with E-state index in [1.807, 2.05) is 19.1 Å². The van der Waals surface area contributed by atoms with Gasteiger partial charge in [0.25, 0.3) is 0 Å². The summed E-state index contributed by atoms with van der Waals surface area (Å²) < 4.78 is 17.3.